The Kier molecular flexibility index (Phi) is 11.5. The largest absolute Gasteiger partial charge is 0.321 e. The molecule has 7 nitrogen and oxygen atoms in total. The Morgan fingerprint density at radius 1 is 0.922 bits per heavy atom. The smallest absolute Gasteiger partial charge is 0.272 e. The molecule has 6 rings (SSSR count). The van der Waals surface area contributed by atoms with E-state index >= 15 is 0 Å². The van der Waals surface area contributed by atoms with E-state index in [-0.39, 0.29) is 11.6 Å². The van der Waals surface area contributed by atoms with Gasteiger partial charge >= 0.3 is 0 Å². The molecule has 0 spiro atoms. The summed E-state index contributed by atoms with van der Waals surface area (Å²) in [5.41, 5.74) is 5.57. The molecule has 0 fully saturated rings. The van der Waals surface area contributed by atoms with E-state index in [1.54, 1.807) is 36.4 Å². The highest BCUT2D eigenvalue weighted by Crippen LogP contribution is 2.40. The highest BCUT2D eigenvalue weighted by molar-refractivity contribution is 8.00. The number of nitrogens with one attached hydrogen (secondary N) is 3. The molecular formula is C42H38N4O3S2. The van der Waals surface area contributed by atoms with Crippen molar-refractivity contribution in [2.75, 3.05) is 10.6 Å². The van der Waals surface area contributed by atoms with Gasteiger partial charge in [0, 0.05) is 21.0 Å². The minimum atomic E-state index is -0.488. The van der Waals surface area contributed by atoms with Crippen LogP contribution in [0.3, 0.4) is 0 Å². The van der Waals surface area contributed by atoms with Crippen LogP contribution in [0.25, 0.3) is 17.2 Å². The summed E-state index contributed by atoms with van der Waals surface area (Å²) >= 11 is 2.92. The second-order valence-corrected chi connectivity index (χ2v) is 14.9. The molecule has 256 valence electrons. The van der Waals surface area contributed by atoms with Gasteiger partial charge in [-0.3, -0.25) is 14.4 Å². The van der Waals surface area contributed by atoms with Crippen LogP contribution < -0.4 is 16.0 Å². The first-order chi connectivity index (χ1) is 24.8. The minimum Gasteiger partial charge on any atom is -0.321 e. The quantitative estimate of drug-likeness (QED) is 0.0935. The summed E-state index contributed by atoms with van der Waals surface area (Å²) in [4.78, 5) is 42.4. The molecule has 1 aliphatic carbocycles. The molecule has 1 heterocycles. The van der Waals surface area contributed by atoms with Gasteiger partial charge in [-0.15, -0.1) is 23.1 Å². The average Bonchev–Trinajstić information content (AvgIpc) is 3.50. The van der Waals surface area contributed by atoms with Gasteiger partial charge in [-0.05, 0) is 90.3 Å². The molecule has 0 saturated heterocycles. The number of thiophene rings is 1. The van der Waals surface area contributed by atoms with Gasteiger partial charge in [0.2, 0.25) is 5.91 Å². The SMILES string of the molecule is CCC(Sc1cccc(NC(=O)/C(=C\c2ccc(-c3ccccc3)cc2)NC(=O)c2ccccc2)c1)C(=O)Nc1sc2c(c1C#N)CCC(C)C2. The molecule has 4 aromatic carbocycles. The van der Waals surface area contributed by atoms with Crippen LogP contribution in [0.2, 0.25) is 0 Å². The second kappa shape index (κ2) is 16.5. The minimum absolute atomic E-state index is 0.0847. The Morgan fingerprint density at radius 3 is 2.33 bits per heavy atom. The number of benzene rings is 4. The highest BCUT2D eigenvalue weighted by atomic mass is 32.2. The van der Waals surface area contributed by atoms with E-state index < -0.39 is 17.1 Å². The van der Waals surface area contributed by atoms with Crippen molar-refractivity contribution >= 4 is 57.6 Å². The Labute approximate surface area is 306 Å². The third-order valence-electron chi connectivity index (χ3n) is 8.75. The number of nitriles is 1. The number of nitrogens with zero attached hydrogens (tertiary/aromatic N) is 1. The Morgan fingerprint density at radius 2 is 1.63 bits per heavy atom. The van der Waals surface area contributed by atoms with Crippen LogP contribution in [0.5, 0.6) is 0 Å². The predicted molar refractivity (Wildman–Crippen MR) is 208 cm³/mol. The summed E-state index contributed by atoms with van der Waals surface area (Å²) in [5, 5.41) is 18.9. The van der Waals surface area contributed by atoms with Gasteiger partial charge in [-0.1, -0.05) is 92.7 Å². The van der Waals surface area contributed by atoms with Crippen molar-refractivity contribution in [1.29, 1.82) is 5.26 Å². The molecule has 1 aliphatic rings. The molecule has 2 atom stereocenters. The van der Waals surface area contributed by atoms with Crippen molar-refractivity contribution < 1.29 is 14.4 Å². The number of rotatable bonds is 11. The number of carbonyl (C=O) groups excluding carboxylic acids is 3. The summed E-state index contributed by atoms with van der Waals surface area (Å²) < 4.78 is 0. The number of anilines is 2. The zero-order chi connectivity index (χ0) is 35.7. The molecule has 3 N–H and O–H groups in total. The summed E-state index contributed by atoms with van der Waals surface area (Å²) in [6.07, 6.45) is 5.06. The van der Waals surface area contributed by atoms with Crippen LogP contribution in [-0.2, 0) is 22.4 Å². The summed E-state index contributed by atoms with van der Waals surface area (Å²) in [7, 11) is 0. The Bertz CT molecular complexity index is 2100. The predicted octanol–water partition coefficient (Wildman–Crippen LogP) is 9.33. The standard InChI is InChI=1S/C42H38N4O3S2/c1-3-37(41(49)46-42-35(26-43)34-22-17-27(2)23-38(34)51-42)50-33-16-10-15-32(25-33)44-40(48)36(45-39(47)31-13-8-5-9-14-31)24-28-18-20-30(21-19-28)29-11-6-4-7-12-29/h4-16,18-21,24-25,27,37H,3,17,22-23H2,1-2H3,(H,44,48)(H,45,47)(H,46,49)/b36-24+. The van der Waals surface area contributed by atoms with Crippen LogP contribution >= 0.6 is 23.1 Å². The van der Waals surface area contributed by atoms with E-state index in [2.05, 4.69) is 28.9 Å². The molecule has 0 bridgehead atoms. The van der Waals surface area contributed by atoms with E-state index in [0.717, 1.165) is 46.4 Å². The van der Waals surface area contributed by atoms with Crippen LogP contribution in [0, 0.1) is 17.2 Å². The number of thioether (sulfide) groups is 1. The average molecular weight is 711 g/mol. The van der Waals surface area contributed by atoms with Crippen LogP contribution in [0.4, 0.5) is 10.7 Å². The zero-order valence-electron chi connectivity index (χ0n) is 28.4. The maximum absolute atomic E-state index is 13.7. The fraction of sp³-hybridized carbons (Fsp3) is 0.190. The van der Waals surface area contributed by atoms with Crippen molar-refractivity contribution in [2.45, 2.75) is 49.7 Å². The Hall–Kier alpha value is -5.43. The van der Waals surface area contributed by atoms with Crippen molar-refractivity contribution in [3.63, 3.8) is 0 Å². The Balaban J connectivity index is 1.18. The third kappa shape index (κ3) is 8.84. The van der Waals surface area contributed by atoms with Crippen molar-refractivity contribution in [3.8, 4) is 17.2 Å². The summed E-state index contributed by atoms with van der Waals surface area (Å²) in [5.74, 6) is -0.485. The van der Waals surface area contributed by atoms with Gasteiger partial charge < -0.3 is 16.0 Å². The van der Waals surface area contributed by atoms with Crippen LogP contribution in [0.15, 0.2) is 120 Å². The van der Waals surface area contributed by atoms with Gasteiger partial charge in [0.25, 0.3) is 11.8 Å². The lowest BCUT2D eigenvalue weighted by atomic mass is 9.88. The fourth-order valence-electron chi connectivity index (χ4n) is 5.99. The first-order valence-electron chi connectivity index (χ1n) is 17.0. The topological polar surface area (TPSA) is 111 Å². The van der Waals surface area contributed by atoms with Gasteiger partial charge in [0.1, 0.15) is 16.8 Å². The molecular weight excluding hydrogens is 673 g/mol. The van der Waals surface area contributed by atoms with Gasteiger partial charge in [0.15, 0.2) is 0 Å². The number of hydrogen-bond donors (Lipinski definition) is 3. The number of carbonyl (C=O) groups is 3. The molecule has 5 aromatic rings. The monoisotopic (exact) mass is 710 g/mol. The van der Waals surface area contributed by atoms with E-state index in [4.69, 9.17) is 0 Å². The lowest BCUT2D eigenvalue weighted by Gasteiger charge is -2.17. The summed E-state index contributed by atoms with van der Waals surface area (Å²) in [6, 6.07) is 36.1. The first kappa shape index (κ1) is 35.4. The molecule has 0 aliphatic heterocycles. The van der Waals surface area contributed by atoms with E-state index in [1.807, 2.05) is 85.8 Å². The maximum atomic E-state index is 13.7. The number of amides is 3. The van der Waals surface area contributed by atoms with Crippen molar-refractivity contribution in [3.05, 3.63) is 142 Å². The van der Waals surface area contributed by atoms with Gasteiger partial charge in [-0.25, -0.2) is 0 Å². The maximum Gasteiger partial charge on any atom is 0.272 e. The second-order valence-electron chi connectivity index (χ2n) is 12.5. The summed E-state index contributed by atoms with van der Waals surface area (Å²) in [6.45, 7) is 4.17. The molecule has 0 radical (unpaired) electrons. The zero-order valence-corrected chi connectivity index (χ0v) is 30.1. The number of hydrogen-bond acceptors (Lipinski definition) is 6. The lowest BCUT2D eigenvalue weighted by molar-refractivity contribution is -0.116. The molecule has 1 aromatic heterocycles. The van der Waals surface area contributed by atoms with E-state index in [1.165, 1.54) is 28.0 Å². The first-order valence-corrected chi connectivity index (χ1v) is 18.7. The fourth-order valence-corrected chi connectivity index (χ4v) is 8.37. The van der Waals surface area contributed by atoms with Gasteiger partial charge in [-0.2, -0.15) is 5.26 Å². The third-order valence-corrected chi connectivity index (χ3v) is 11.3. The van der Waals surface area contributed by atoms with Crippen molar-refractivity contribution in [1.82, 2.24) is 5.32 Å². The van der Waals surface area contributed by atoms with Crippen LogP contribution in [-0.4, -0.2) is 23.0 Å². The van der Waals surface area contributed by atoms with E-state index in [0.29, 0.717) is 34.2 Å². The lowest BCUT2D eigenvalue weighted by Crippen LogP contribution is -2.30. The van der Waals surface area contributed by atoms with Gasteiger partial charge in [0.05, 0.1) is 10.8 Å². The molecule has 2 unspecified atom stereocenters. The molecule has 9 heteroatoms. The van der Waals surface area contributed by atoms with Crippen molar-refractivity contribution in [2.24, 2.45) is 5.92 Å². The molecule has 51 heavy (non-hydrogen) atoms. The number of fused-ring (bicyclic) bond motifs is 1. The highest BCUT2D eigenvalue weighted by Gasteiger charge is 2.27. The van der Waals surface area contributed by atoms with E-state index in [9.17, 15) is 19.6 Å². The molecule has 0 saturated carbocycles. The normalized spacial score (nSPS) is 14.5. The van der Waals surface area contributed by atoms with Crippen LogP contribution in [0.1, 0.15) is 58.6 Å². The molecule has 3 amide bonds.